The molecule has 1 saturated carbocycles. The Morgan fingerprint density at radius 1 is 1.22 bits per heavy atom. The number of aliphatic hydroxyl groups excluding tert-OH is 1. The summed E-state index contributed by atoms with van der Waals surface area (Å²) in [7, 11) is 0. The lowest BCUT2D eigenvalue weighted by molar-refractivity contribution is -0.132. The van der Waals surface area contributed by atoms with Gasteiger partial charge >= 0.3 is 0 Å². The van der Waals surface area contributed by atoms with Crippen LogP contribution in [0.4, 0.5) is 0 Å². The first kappa shape index (κ1) is 19.6. The monoisotopic (exact) mass is 372 g/mol. The van der Waals surface area contributed by atoms with Crippen LogP contribution < -0.4 is 10.6 Å². The van der Waals surface area contributed by atoms with Gasteiger partial charge in [0, 0.05) is 5.92 Å². The van der Waals surface area contributed by atoms with E-state index < -0.39 is 12.2 Å². The Hall–Kier alpha value is -2.18. The molecule has 1 fully saturated rings. The van der Waals surface area contributed by atoms with E-state index in [1.165, 1.54) is 0 Å². The van der Waals surface area contributed by atoms with Crippen LogP contribution in [0.2, 0.25) is 0 Å². The zero-order chi connectivity index (χ0) is 19.2. The highest BCUT2D eigenvalue weighted by atomic mass is 16.5. The van der Waals surface area contributed by atoms with E-state index in [1.807, 2.05) is 43.3 Å². The Morgan fingerprint density at radius 3 is 2.59 bits per heavy atom. The lowest BCUT2D eigenvalue weighted by Crippen LogP contribution is -2.51. The normalized spacial score (nSPS) is 26.1. The van der Waals surface area contributed by atoms with E-state index in [9.17, 15) is 14.7 Å². The van der Waals surface area contributed by atoms with Crippen molar-refractivity contribution in [2.24, 2.45) is 5.92 Å². The van der Waals surface area contributed by atoms with E-state index in [-0.39, 0.29) is 42.8 Å². The number of carbonyl (C=O) groups is 2. The number of rotatable bonds is 7. The molecule has 6 nitrogen and oxygen atoms in total. The molecule has 2 amide bonds. The molecule has 0 spiro atoms. The van der Waals surface area contributed by atoms with Crippen LogP contribution in [0, 0.1) is 5.92 Å². The second kappa shape index (κ2) is 9.15. The zero-order valence-electron chi connectivity index (χ0n) is 15.6. The number of hydrogen-bond donors (Lipinski definition) is 3. The van der Waals surface area contributed by atoms with Crippen LogP contribution in [-0.4, -0.2) is 41.8 Å². The third-order valence-electron chi connectivity index (χ3n) is 5.31. The van der Waals surface area contributed by atoms with Crippen molar-refractivity contribution in [1.29, 1.82) is 0 Å². The minimum atomic E-state index is -0.539. The van der Waals surface area contributed by atoms with Gasteiger partial charge in [-0.3, -0.25) is 9.59 Å². The van der Waals surface area contributed by atoms with Gasteiger partial charge in [0.2, 0.25) is 11.8 Å². The largest absolute Gasteiger partial charge is 0.394 e. The van der Waals surface area contributed by atoms with Crippen LogP contribution in [0.3, 0.4) is 0 Å². The molecule has 0 saturated heterocycles. The molecule has 0 radical (unpaired) electrons. The molecule has 1 heterocycles. The SMILES string of the molecule is C[C@@H](NC(=O)C[C@H]1C=C[C@H](NC(=O)C2CCC2)[C@H](CO)O1)c1ccccc1. The second-order valence-electron chi connectivity index (χ2n) is 7.35. The van der Waals surface area contributed by atoms with Gasteiger partial charge in [-0.15, -0.1) is 0 Å². The van der Waals surface area contributed by atoms with Crippen molar-refractivity contribution >= 4 is 11.8 Å². The average molecular weight is 372 g/mol. The van der Waals surface area contributed by atoms with Crippen LogP contribution in [0.1, 0.15) is 44.2 Å². The summed E-state index contributed by atoms with van der Waals surface area (Å²) in [4.78, 5) is 24.5. The molecule has 3 N–H and O–H groups in total. The maximum Gasteiger partial charge on any atom is 0.223 e. The van der Waals surface area contributed by atoms with E-state index in [0.717, 1.165) is 24.8 Å². The van der Waals surface area contributed by atoms with Gasteiger partial charge in [-0.05, 0) is 25.3 Å². The highest BCUT2D eigenvalue weighted by Gasteiger charge is 2.32. The van der Waals surface area contributed by atoms with Gasteiger partial charge < -0.3 is 20.5 Å². The topological polar surface area (TPSA) is 87.7 Å². The van der Waals surface area contributed by atoms with E-state index in [1.54, 1.807) is 6.08 Å². The highest BCUT2D eigenvalue weighted by Crippen LogP contribution is 2.27. The fourth-order valence-corrected chi connectivity index (χ4v) is 3.40. The van der Waals surface area contributed by atoms with E-state index in [2.05, 4.69) is 10.6 Å². The summed E-state index contributed by atoms with van der Waals surface area (Å²) in [5.41, 5.74) is 1.04. The standard InChI is InChI=1S/C21H28N2O4/c1-14(15-6-3-2-4-7-15)22-20(25)12-17-10-11-18(19(13-24)27-17)23-21(26)16-8-5-9-16/h2-4,6-7,10-11,14,16-19,24H,5,8-9,12-13H2,1H3,(H,22,25)(H,23,26)/t14-,17-,18+,19+/m1/s1. The summed E-state index contributed by atoms with van der Waals surface area (Å²) >= 11 is 0. The van der Waals surface area contributed by atoms with Gasteiger partial charge in [-0.25, -0.2) is 0 Å². The Morgan fingerprint density at radius 2 is 1.96 bits per heavy atom. The molecule has 27 heavy (non-hydrogen) atoms. The minimum absolute atomic E-state index is 0.0193. The number of amides is 2. The maximum absolute atomic E-state index is 12.3. The average Bonchev–Trinajstić information content (AvgIpc) is 2.62. The Balaban J connectivity index is 1.51. The molecule has 0 unspecified atom stereocenters. The number of carbonyl (C=O) groups excluding carboxylic acids is 2. The maximum atomic E-state index is 12.3. The van der Waals surface area contributed by atoms with Gasteiger partial charge in [-0.1, -0.05) is 48.9 Å². The Labute approximate surface area is 160 Å². The summed E-state index contributed by atoms with van der Waals surface area (Å²) in [6.07, 6.45) is 5.80. The summed E-state index contributed by atoms with van der Waals surface area (Å²) < 4.78 is 5.83. The molecule has 2 aliphatic rings. The molecule has 6 heteroatoms. The number of benzene rings is 1. The summed E-state index contributed by atoms with van der Waals surface area (Å²) in [6.45, 7) is 1.73. The Kier molecular flexibility index (Phi) is 6.63. The van der Waals surface area contributed by atoms with Gasteiger partial charge in [-0.2, -0.15) is 0 Å². The van der Waals surface area contributed by atoms with Gasteiger partial charge in [0.15, 0.2) is 0 Å². The minimum Gasteiger partial charge on any atom is -0.394 e. The Bertz CT molecular complexity index is 672. The van der Waals surface area contributed by atoms with Crippen LogP contribution >= 0.6 is 0 Å². The van der Waals surface area contributed by atoms with E-state index >= 15 is 0 Å². The summed E-state index contributed by atoms with van der Waals surface area (Å²) in [5, 5.41) is 15.5. The molecule has 1 aliphatic heterocycles. The van der Waals surface area contributed by atoms with Crippen LogP contribution in [0.5, 0.6) is 0 Å². The molecule has 0 bridgehead atoms. The fraction of sp³-hybridized carbons (Fsp3) is 0.524. The molecule has 1 aromatic rings. The number of hydrogen-bond acceptors (Lipinski definition) is 4. The fourth-order valence-electron chi connectivity index (χ4n) is 3.40. The van der Waals surface area contributed by atoms with Crippen molar-refractivity contribution in [3.63, 3.8) is 0 Å². The van der Waals surface area contributed by atoms with Crippen molar-refractivity contribution in [2.45, 2.75) is 56.9 Å². The quantitative estimate of drug-likeness (QED) is 0.638. The van der Waals surface area contributed by atoms with Gasteiger partial charge in [0.1, 0.15) is 6.10 Å². The van der Waals surface area contributed by atoms with Crippen LogP contribution in [0.15, 0.2) is 42.5 Å². The van der Waals surface area contributed by atoms with E-state index in [4.69, 9.17) is 4.74 Å². The second-order valence-corrected chi connectivity index (χ2v) is 7.35. The number of aliphatic hydroxyl groups is 1. The molecule has 1 aromatic carbocycles. The van der Waals surface area contributed by atoms with E-state index in [0.29, 0.717) is 0 Å². The summed E-state index contributed by atoms with van der Waals surface area (Å²) in [5.74, 6) is -0.0128. The van der Waals surface area contributed by atoms with Gasteiger partial charge in [0.05, 0.1) is 31.2 Å². The van der Waals surface area contributed by atoms with Crippen LogP contribution in [0.25, 0.3) is 0 Å². The predicted molar refractivity (Wildman–Crippen MR) is 102 cm³/mol. The van der Waals surface area contributed by atoms with Crippen LogP contribution in [-0.2, 0) is 14.3 Å². The lowest BCUT2D eigenvalue weighted by atomic mass is 9.84. The third-order valence-corrected chi connectivity index (χ3v) is 5.31. The van der Waals surface area contributed by atoms with Crippen molar-refractivity contribution in [1.82, 2.24) is 10.6 Å². The number of nitrogens with one attached hydrogen (secondary N) is 2. The van der Waals surface area contributed by atoms with Crippen molar-refractivity contribution in [3.8, 4) is 0 Å². The first-order chi connectivity index (χ1) is 13.1. The summed E-state index contributed by atoms with van der Waals surface area (Å²) in [6, 6.07) is 9.32. The lowest BCUT2D eigenvalue weighted by Gasteiger charge is -2.34. The number of ether oxygens (including phenoxy) is 1. The highest BCUT2D eigenvalue weighted by molar-refractivity contribution is 5.80. The predicted octanol–water partition coefficient (Wildman–Crippen LogP) is 1.85. The molecule has 146 valence electrons. The molecular formula is C21H28N2O4. The first-order valence-corrected chi connectivity index (χ1v) is 9.66. The molecule has 1 aliphatic carbocycles. The van der Waals surface area contributed by atoms with Gasteiger partial charge in [0.25, 0.3) is 0 Å². The molecular weight excluding hydrogens is 344 g/mol. The smallest absolute Gasteiger partial charge is 0.223 e. The van der Waals surface area contributed by atoms with Crippen molar-refractivity contribution in [3.05, 3.63) is 48.0 Å². The van der Waals surface area contributed by atoms with Crippen molar-refractivity contribution in [2.75, 3.05) is 6.61 Å². The zero-order valence-corrected chi connectivity index (χ0v) is 15.6. The molecule has 3 rings (SSSR count). The first-order valence-electron chi connectivity index (χ1n) is 9.66. The molecule has 0 aromatic heterocycles. The van der Waals surface area contributed by atoms with Crippen molar-refractivity contribution < 1.29 is 19.4 Å². The third kappa shape index (κ3) is 5.17. The molecule has 4 atom stereocenters.